The van der Waals surface area contributed by atoms with Gasteiger partial charge in [0.25, 0.3) is 11.0 Å². The molecule has 1 rings (SSSR count). The second-order valence-electron chi connectivity index (χ2n) is 3.36. The van der Waals surface area contributed by atoms with Crippen LogP contribution < -0.4 is 5.32 Å². The van der Waals surface area contributed by atoms with Crippen LogP contribution >= 0.6 is 0 Å². The molecule has 1 heterocycles. The zero-order valence-electron chi connectivity index (χ0n) is 8.28. The molecule has 0 aromatic carbocycles. The van der Waals surface area contributed by atoms with Crippen LogP contribution in [0.5, 0.6) is 0 Å². The van der Waals surface area contributed by atoms with Gasteiger partial charge in [-0.3, -0.25) is 4.18 Å². The molecule has 0 amide bonds. The SMILES string of the molecule is O=[SH](=O)OCCCCN1CCNCC1. The van der Waals surface area contributed by atoms with E-state index in [1.165, 1.54) is 0 Å². The molecule has 14 heavy (non-hydrogen) atoms. The number of piperazine rings is 1. The second kappa shape index (κ2) is 7.17. The number of hydrogen-bond acceptors (Lipinski definition) is 5. The molecule has 6 heteroatoms. The van der Waals surface area contributed by atoms with Crippen molar-refractivity contribution in [2.45, 2.75) is 12.8 Å². The fraction of sp³-hybridized carbons (Fsp3) is 1.00. The third-order valence-electron chi connectivity index (χ3n) is 2.27. The van der Waals surface area contributed by atoms with Crippen LogP contribution in [0.1, 0.15) is 12.8 Å². The molecule has 5 nitrogen and oxygen atoms in total. The van der Waals surface area contributed by atoms with Crippen LogP contribution in [0.3, 0.4) is 0 Å². The van der Waals surface area contributed by atoms with Gasteiger partial charge in [0, 0.05) is 26.2 Å². The molecule has 1 aliphatic heterocycles. The Balaban J connectivity index is 1.92. The third-order valence-corrected chi connectivity index (χ3v) is 2.67. The number of nitrogens with one attached hydrogen (secondary N) is 1. The van der Waals surface area contributed by atoms with Gasteiger partial charge in [-0.2, -0.15) is 0 Å². The van der Waals surface area contributed by atoms with E-state index in [1.54, 1.807) is 0 Å². The summed E-state index contributed by atoms with van der Waals surface area (Å²) in [7, 11) is -2.66. The molecule has 0 atom stereocenters. The molecule has 0 aliphatic carbocycles. The molecule has 0 aromatic heterocycles. The monoisotopic (exact) mass is 222 g/mol. The second-order valence-corrected chi connectivity index (χ2v) is 4.06. The first-order valence-corrected chi connectivity index (χ1v) is 6.09. The van der Waals surface area contributed by atoms with Gasteiger partial charge >= 0.3 is 0 Å². The Hall–Kier alpha value is -0.170. The lowest BCUT2D eigenvalue weighted by molar-refractivity contribution is 0.228. The first-order valence-electron chi connectivity index (χ1n) is 4.99. The van der Waals surface area contributed by atoms with E-state index in [4.69, 9.17) is 0 Å². The molecule has 0 unspecified atom stereocenters. The van der Waals surface area contributed by atoms with Gasteiger partial charge < -0.3 is 10.2 Å². The van der Waals surface area contributed by atoms with E-state index >= 15 is 0 Å². The van der Waals surface area contributed by atoms with Crippen LogP contribution in [0.4, 0.5) is 0 Å². The minimum Gasteiger partial charge on any atom is -0.314 e. The van der Waals surface area contributed by atoms with Gasteiger partial charge in [-0.25, -0.2) is 8.42 Å². The Morgan fingerprint density at radius 2 is 1.93 bits per heavy atom. The number of nitrogens with zero attached hydrogens (tertiary/aromatic N) is 1. The first kappa shape index (κ1) is 11.9. The third kappa shape index (κ3) is 5.54. The minimum absolute atomic E-state index is 0.324. The molecule has 1 fully saturated rings. The normalized spacial score (nSPS) is 18.9. The summed E-state index contributed by atoms with van der Waals surface area (Å²) in [4.78, 5) is 2.38. The minimum atomic E-state index is -2.66. The van der Waals surface area contributed by atoms with Crippen LogP contribution in [-0.4, -0.2) is 52.6 Å². The zero-order valence-corrected chi connectivity index (χ0v) is 9.17. The average molecular weight is 222 g/mol. The average Bonchev–Trinajstić information content (AvgIpc) is 2.18. The van der Waals surface area contributed by atoms with Crippen LogP contribution in [-0.2, 0) is 15.2 Å². The molecule has 0 aromatic rings. The number of hydrogen-bond donors (Lipinski definition) is 2. The van der Waals surface area contributed by atoms with Crippen molar-refractivity contribution in [3.05, 3.63) is 0 Å². The van der Waals surface area contributed by atoms with Crippen LogP contribution in [0, 0.1) is 0 Å². The lowest BCUT2D eigenvalue weighted by atomic mass is 10.3. The van der Waals surface area contributed by atoms with Gasteiger partial charge in [-0.1, -0.05) is 0 Å². The highest BCUT2D eigenvalue weighted by atomic mass is 32.2. The maximum Gasteiger partial charge on any atom is 0.257 e. The quantitative estimate of drug-likeness (QED) is 0.456. The molecule has 0 radical (unpaired) electrons. The smallest absolute Gasteiger partial charge is 0.257 e. The predicted octanol–water partition coefficient (Wildman–Crippen LogP) is -0.785. The van der Waals surface area contributed by atoms with E-state index in [1.807, 2.05) is 0 Å². The molecule has 1 saturated heterocycles. The summed E-state index contributed by atoms with van der Waals surface area (Å²) in [5.74, 6) is 0. The summed E-state index contributed by atoms with van der Waals surface area (Å²) >= 11 is 0. The molecule has 0 bridgehead atoms. The van der Waals surface area contributed by atoms with Crippen molar-refractivity contribution in [1.29, 1.82) is 0 Å². The van der Waals surface area contributed by atoms with Gasteiger partial charge in [0.1, 0.15) is 0 Å². The number of thiol groups is 1. The number of rotatable bonds is 6. The molecule has 0 saturated carbocycles. The van der Waals surface area contributed by atoms with Gasteiger partial charge in [-0.05, 0) is 19.4 Å². The lowest BCUT2D eigenvalue weighted by Crippen LogP contribution is -2.43. The van der Waals surface area contributed by atoms with E-state index in [2.05, 4.69) is 14.4 Å². The fourth-order valence-electron chi connectivity index (χ4n) is 1.51. The van der Waals surface area contributed by atoms with Crippen molar-refractivity contribution in [2.24, 2.45) is 0 Å². The van der Waals surface area contributed by atoms with Crippen LogP contribution in [0.15, 0.2) is 0 Å². The van der Waals surface area contributed by atoms with Crippen molar-refractivity contribution >= 4 is 11.0 Å². The molecular formula is C8H18N2O3S. The van der Waals surface area contributed by atoms with Gasteiger partial charge in [0.15, 0.2) is 0 Å². The Morgan fingerprint density at radius 1 is 1.21 bits per heavy atom. The Kier molecular flexibility index (Phi) is 6.09. The highest BCUT2D eigenvalue weighted by Gasteiger charge is 2.07. The van der Waals surface area contributed by atoms with E-state index in [0.717, 1.165) is 45.6 Å². The largest absolute Gasteiger partial charge is 0.314 e. The van der Waals surface area contributed by atoms with Crippen molar-refractivity contribution in [2.75, 3.05) is 39.3 Å². The topological polar surface area (TPSA) is 58.6 Å². The molecular weight excluding hydrogens is 204 g/mol. The lowest BCUT2D eigenvalue weighted by Gasteiger charge is -2.26. The zero-order chi connectivity index (χ0) is 10.2. The van der Waals surface area contributed by atoms with Gasteiger partial charge in [0.2, 0.25) is 0 Å². The summed E-state index contributed by atoms with van der Waals surface area (Å²) in [6, 6.07) is 0. The van der Waals surface area contributed by atoms with E-state index in [-0.39, 0.29) is 0 Å². The van der Waals surface area contributed by atoms with E-state index < -0.39 is 11.0 Å². The highest BCUT2D eigenvalue weighted by Crippen LogP contribution is 1.97. The van der Waals surface area contributed by atoms with E-state index in [0.29, 0.717) is 6.61 Å². The van der Waals surface area contributed by atoms with Crippen LogP contribution in [0.25, 0.3) is 0 Å². The van der Waals surface area contributed by atoms with Crippen molar-refractivity contribution < 1.29 is 12.6 Å². The molecule has 1 aliphatic rings. The van der Waals surface area contributed by atoms with Crippen LogP contribution in [0.2, 0.25) is 0 Å². The summed E-state index contributed by atoms with van der Waals surface area (Å²) in [6.45, 7) is 5.67. The van der Waals surface area contributed by atoms with Gasteiger partial charge in [-0.15, -0.1) is 0 Å². The fourth-order valence-corrected chi connectivity index (χ4v) is 1.79. The Bertz CT molecular complexity index is 207. The summed E-state index contributed by atoms with van der Waals surface area (Å²) in [5, 5.41) is 3.28. The van der Waals surface area contributed by atoms with Crippen molar-refractivity contribution in [1.82, 2.24) is 10.2 Å². The summed E-state index contributed by atoms with van der Waals surface area (Å²) in [5.41, 5.74) is 0. The standard InChI is InChI=1S/C8H18N2O3S/c11-14(12)13-8-2-1-5-10-6-3-9-4-7-10/h9,14H,1-8H2. The first-order chi connectivity index (χ1) is 6.79. The molecule has 1 N–H and O–H groups in total. The summed E-state index contributed by atoms with van der Waals surface area (Å²) < 4.78 is 24.6. The van der Waals surface area contributed by atoms with E-state index in [9.17, 15) is 8.42 Å². The van der Waals surface area contributed by atoms with Crippen molar-refractivity contribution in [3.8, 4) is 0 Å². The van der Waals surface area contributed by atoms with Crippen molar-refractivity contribution in [3.63, 3.8) is 0 Å². The number of unbranched alkanes of at least 4 members (excludes halogenated alkanes) is 1. The molecule has 84 valence electrons. The maximum absolute atomic E-state index is 10.1. The highest BCUT2D eigenvalue weighted by molar-refractivity contribution is 7.67. The van der Waals surface area contributed by atoms with Gasteiger partial charge in [0.05, 0.1) is 6.61 Å². The predicted molar refractivity (Wildman–Crippen MR) is 54.8 cm³/mol. The summed E-state index contributed by atoms with van der Waals surface area (Å²) in [6.07, 6.45) is 1.82. The molecule has 0 spiro atoms. The maximum atomic E-state index is 10.1. The Morgan fingerprint density at radius 3 is 2.57 bits per heavy atom. The Labute approximate surface area is 86.6 Å².